The highest BCUT2D eigenvalue weighted by atomic mass is 19.1. The molecule has 1 aromatic carbocycles. The molecule has 128 valence electrons. The van der Waals surface area contributed by atoms with E-state index in [1.807, 2.05) is 0 Å². The van der Waals surface area contributed by atoms with Gasteiger partial charge in [0.25, 0.3) is 5.91 Å². The quantitative estimate of drug-likeness (QED) is 0.916. The number of halogens is 1. The third-order valence-corrected chi connectivity index (χ3v) is 6.33. The number of rotatable bonds is 4. The summed E-state index contributed by atoms with van der Waals surface area (Å²) in [5, 5.41) is 14.4. The Morgan fingerprint density at radius 3 is 2.12 bits per heavy atom. The van der Waals surface area contributed by atoms with E-state index in [0.717, 1.165) is 19.3 Å². The van der Waals surface area contributed by atoms with Crippen molar-refractivity contribution >= 4 is 11.9 Å². The van der Waals surface area contributed by atoms with Gasteiger partial charge in [0, 0.05) is 0 Å². The second-order valence-electron chi connectivity index (χ2n) is 7.99. The van der Waals surface area contributed by atoms with Crippen LogP contribution < -0.4 is 10.4 Å². The van der Waals surface area contributed by atoms with Gasteiger partial charge in [-0.2, -0.15) is 0 Å². The molecule has 4 fully saturated rings. The van der Waals surface area contributed by atoms with E-state index in [2.05, 4.69) is 5.32 Å². The standard InChI is InChI=1S/C19H22FNO3/c20-15-4-2-1-3-14(15)17(22)21-16(18(23)24)19-8-11-5-12(9-19)7-13(6-11)10-19/h1-4,11-13,16H,5-10H2,(H,21,22)(H,23,24)/p-1/t11?,12?,13?,16-,19?/m1/s1. The van der Waals surface area contributed by atoms with E-state index in [9.17, 15) is 19.1 Å². The number of carboxylic acid groups (broad SMARTS) is 1. The largest absolute Gasteiger partial charge is 0.548 e. The Morgan fingerprint density at radius 1 is 1.08 bits per heavy atom. The SMILES string of the molecule is O=C(N[C@H](C(=O)[O-])C12CC3CC(CC(C3)C1)C2)c1ccccc1F. The molecule has 4 nitrogen and oxygen atoms in total. The summed E-state index contributed by atoms with van der Waals surface area (Å²) < 4.78 is 13.8. The number of hydrogen-bond acceptors (Lipinski definition) is 3. The monoisotopic (exact) mass is 330 g/mol. The van der Waals surface area contributed by atoms with Crippen molar-refractivity contribution in [3.63, 3.8) is 0 Å². The molecule has 4 aliphatic rings. The maximum absolute atomic E-state index is 13.8. The Balaban J connectivity index is 1.60. The molecule has 5 heteroatoms. The average Bonchev–Trinajstić information content (AvgIpc) is 2.51. The Morgan fingerprint density at radius 2 is 1.62 bits per heavy atom. The molecule has 1 atom stereocenters. The third-order valence-electron chi connectivity index (χ3n) is 6.33. The predicted molar refractivity (Wildman–Crippen MR) is 83.3 cm³/mol. The van der Waals surface area contributed by atoms with Crippen LogP contribution in [0.15, 0.2) is 24.3 Å². The molecule has 24 heavy (non-hydrogen) atoms. The van der Waals surface area contributed by atoms with E-state index in [-0.39, 0.29) is 5.56 Å². The van der Waals surface area contributed by atoms with Gasteiger partial charge in [0.05, 0.1) is 17.6 Å². The van der Waals surface area contributed by atoms with Gasteiger partial charge < -0.3 is 15.2 Å². The summed E-state index contributed by atoms with van der Waals surface area (Å²) in [5.41, 5.74) is -0.539. The van der Waals surface area contributed by atoms with Crippen LogP contribution in [-0.4, -0.2) is 17.9 Å². The van der Waals surface area contributed by atoms with Gasteiger partial charge >= 0.3 is 0 Å². The Labute approximate surface area is 140 Å². The molecule has 5 rings (SSSR count). The lowest BCUT2D eigenvalue weighted by molar-refractivity contribution is -0.313. The Kier molecular flexibility index (Phi) is 3.62. The average molecular weight is 330 g/mol. The predicted octanol–water partition coefficient (Wildman–Crippen LogP) is 1.89. The van der Waals surface area contributed by atoms with Gasteiger partial charge in [-0.3, -0.25) is 4.79 Å². The van der Waals surface area contributed by atoms with Gasteiger partial charge in [-0.15, -0.1) is 0 Å². The fourth-order valence-electron chi connectivity index (χ4n) is 5.85. The van der Waals surface area contributed by atoms with Crippen LogP contribution >= 0.6 is 0 Å². The van der Waals surface area contributed by atoms with Crippen LogP contribution in [0.5, 0.6) is 0 Å². The zero-order valence-corrected chi connectivity index (χ0v) is 13.5. The molecular formula is C19H21FNO3-. The summed E-state index contributed by atoms with van der Waals surface area (Å²) >= 11 is 0. The highest BCUT2D eigenvalue weighted by Gasteiger charge is 2.54. The van der Waals surface area contributed by atoms with Crippen LogP contribution in [0.2, 0.25) is 0 Å². The summed E-state index contributed by atoms with van der Waals surface area (Å²) in [7, 11) is 0. The first kappa shape index (κ1) is 15.6. The van der Waals surface area contributed by atoms with Crippen LogP contribution in [0.25, 0.3) is 0 Å². The van der Waals surface area contributed by atoms with Crippen molar-refractivity contribution < 1.29 is 19.1 Å². The zero-order chi connectivity index (χ0) is 16.9. The number of benzene rings is 1. The molecule has 0 radical (unpaired) electrons. The van der Waals surface area contributed by atoms with Crippen molar-refractivity contribution in [2.45, 2.75) is 44.6 Å². The minimum Gasteiger partial charge on any atom is -0.548 e. The maximum Gasteiger partial charge on any atom is 0.254 e. The van der Waals surface area contributed by atoms with Crippen LogP contribution in [0, 0.1) is 29.0 Å². The van der Waals surface area contributed by atoms with Crippen molar-refractivity contribution in [1.29, 1.82) is 0 Å². The maximum atomic E-state index is 13.8. The number of carbonyl (C=O) groups excluding carboxylic acids is 2. The molecule has 0 aromatic heterocycles. The van der Waals surface area contributed by atoms with Crippen LogP contribution in [0.3, 0.4) is 0 Å². The summed E-state index contributed by atoms with van der Waals surface area (Å²) in [4.78, 5) is 24.3. The number of carboxylic acids is 1. The molecule has 1 aromatic rings. The molecule has 0 aliphatic heterocycles. The van der Waals surface area contributed by atoms with Crippen molar-refractivity contribution in [2.24, 2.45) is 23.2 Å². The minimum absolute atomic E-state index is 0.117. The molecular weight excluding hydrogens is 309 g/mol. The smallest absolute Gasteiger partial charge is 0.254 e. The van der Waals surface area contributed by atoms with Crippen molar-refractivity contribution in [3.8, 4) is 0 Å². The van der Waals surface area contributed by atoms with Crippen molar-refractivity contribution in [2.75, 3.05) is 0 Å². The first-order valence-electron chi connectivity index (χ1n) is 8.73. The molecule has 4 bridgehead atoms. The van der Waals surface area contributed by atoms with Crippen LogP contribution in [0.4, 0.5) is 4.39 Å². The number of hydrogen-bond donors (Lipinski definition) is 1. The first-order chi connectivity index (χ1) is 11.5. The lowest BCUT2D eigenvalue weighted by Crippen LogP contribution is -2.62. The number of carbonyl (C=O) groups is 2. The Bertz CT molecular complexity index is 652. The third kappa shape index (κ3) is 2.50. The summed E-state index contributed by atoms with van der Waals surface area (Å²) in [5.74, 6) is -0.882. The fraction of sp³-hybridized carbons (Fsp3) is 0.579. The van der Waals surface area contributed by atoms with Crippen molar-refractivity contribution in [3.05, 3.63) is 35.6 Å². The molecule has 4 saturated carbocycles. The van der Waals surface area contributed by atoms with E-state index < -0.39 is 29.2 Å². The second-order valence-corrected chi connectivity index (χ2v) is 7.99. The van der Waals surface area contributed by atoms with Crippen LogP contribution in [-0.2, 0) is 4.79 Å². The van der Waals surface area contributed by atoms with E-state index in [4.69, 9.17) is 0 Å². The Hall–Kier alpha value is -1.91. The zero-order valence-electron chi connectivity index (χ0n) is 13.5. The highest BCUT2D eigenvalue weighted by molar-refractivity contribution is 5.96. The fourth-order valence-corrected chi connectivity index (χ4v) is 5.85. The minimum atomic E-state index is -1.25. The van der Waals surface area contributed by atoms with Gasteiger partial charge in [0.15, 0.2) is 0 Å². The molecule has 0 spiro atoms. The molecule has 1 N–H and O–H groups in total. The normalized spacial score (nSPS) is 34.8. The van der Waals surface area contributed by atoms with E-state index >= 15 is 0 Å². The van der Waals surface area contributed by atoms with E-state index in [1.165, 1.54) is 37.5 Å². The number of nitrogens with one attached hydrogen (secondary N) is 1. The van der Waals surface area contributed by atoms with Gasteiger partial charge in [-0.25, -0.2) is 4.39 Å². The molecule has 0 saturated heterocycles. The lowest BCUT2D eigenvalue weighted by atomic mass is 9.47. The van der Waals surface area contributed by atoms with E-state index in [0.29, 0.717) is 17.8 Å². The van der Waals surface area contributed by atoms with Gasteiger partial charge in [-0.05, 0) is 73.8 Å². The topological polar surface area (TPSA) is 69.2 Å². The molecule has 4 aliphatic carbocycles. The second kappa shape index (κ2) is 5.57. The van der Waals surface area contributed by atoms with E-state index in [1.54, 1.807) is 6.07 Å². The summed E-state index contributed by atoms with van der Waals surface area (Å²) in [6, 6.07) is 4.60. The number of aliphatic carboxylic acids is 1. The number of amides is 1. The summed E-state index contributed by atoms with van der Waals surface area (Å²) in [6.45, 7) is 0. The van der Waals surface area contributed by atoms with Crippen LogP contribution in [0.1, 0.15) is 48.9 Å². The molecule has 1 amide bonds. The lowest BCUT2D eigenvalue weighted by Gasteiger charge is -2.59. The molecule has 0 unspecified atom stereocenters. The molecule has 0 heterocycles. The van der Waals surface area contributed by atoms with Gasteiger partial charge in [-0.1, -0.05) is 12.1 Å². The van der Waals surface area contributed by atoms with Gasteiger partial charge in [0.2, 0.25) is 0 Å². The highest BCUT2D eigenvalue weighted by Crippen LogP contribution is 2.61. The van der Waals surface area contributed by atoms with Gasteiger partial charge in [0.1, 0.15) is 5.82 Å². The van der Waals surface area contributed by atoms with Crippen molar-refractivity contribution in [1.82, 2.24) is 5.32 Å². The summed E-state index contributed by atoms with van der Waals surface area (Å²) in [6.07, 6.45) is 6.03. The first-order valence-corrected chi connectivity index (χ1v) is 8.73.